The number of furan rings is 1. The Kier molecular flexibility index (Phi) is 5.95. The van der Waals surface area contributed by atoms with Gasteiger partial charge in [-0.05, 0) is 49.2 Å². The second-order valence-corrected chi connectivity index (χ2v) is 8.56. The van der Waals surface area contributed by atoms with Gasteiger partial charge in [0, 0.05) is 5.56 Å². The van der Waals surface area contributed by atoms with Crippen LogP contribution in [0, 0.1) is 6.92 Å². The highest BCUT2D eigenvalue weighted by Crippen LogP contribution is 2.39. The molecule has 0 radical (unpaired) electrons. The maximum atomic E-state index is 12.7. The molecular weight excluding hydrogens is 396 g/mol. The molecule has 1 fully saturated rings. The third kappa shape index (κ3) is 4.44. The average Bonchev–Trinajstić information content (AvgIpc) is 3.39. The van der Waals surface area contributed by atoms with Gasteiger partial charge in [0.25, 0.3) is 5.91 Å². The Hall–Kier alpha value is -2.99. The lowest BCUT2D eigenvalue weighted by molar-refractivity contribution is -0.128. The van der Waals surface area contributed by atoms with E-state index in [1.165, 1.54) is 5.56 Å². The zero-order valence-corrected chi connectivity index (χ0v) is 17.8. The summed E-state index contributed by atoms with van der Waals surface area (Å²) >= 11 is 1.59. The van der Waals surface area contributed by atoms with Gasteiger partial charge >= 0.3 is 0 Å². The minimum absolute atomic E-state index is 0.0776. The van der Waals surface area contributed by atoms with Crippen molar-refractivity contribution >= 4 is 23.6 Å². The van der Waals surface area contributed by atoms with Gasteiger partial charge in [-0.1, -0.05) is 42.0 Å². The van der Waals surface area contributed by atoms with E-state index in [2.05, 4.69) is 5.32 Å². The molecule has 0 bridgehead atoms. The number of hydrogen-bond donors (Lipinski definition) is 1. The van der Waals surface area contributed by atoms with Crippen molar-refractivity contribution < 1.29 is 14.0 Å². The molecule has 1 aliphatic heterocycles. The Balaban J connectivity index is 1.43. The van der Waals surface area contributed by atoms with Crippen LogP contribution < -0.4 is 5.32 Å². The van der Waals surface area contributed by atoms with E-state index in [9.17, 15) is 9.59 Å². The van der Waals surface area contributed by atoms with Crippen LogP contribution in [0.15, 0.2) is 71.3 Å². The zero-order chi connectivity index (χ0) is 21.1. The van der Waals surface area contributed by atoms with Crippen LogP contribution >= 0.6 is 11.8 Å². The van der Waals surface area contributed by atoms with Gasteiger partial charge in [-0.15, -0.1) is 11.8 Å². The minimum atomic E-state index is -0.114. The van der Waals surface area contributed by atoms with E-state index in [1.807, 2.05) is 79.4 Å². The molecule has 154 valence electrons. The van der Waals surface area contributed by atoms with Crippen molar-refractivity contribution in [1.29, 1.82) is 0 Å². The summed E-state index contributed by atoms with van der Waals surface area (Å²) in [6.07, 6.45) is 1.61. The summed E-state index contributed by atoms with van der Waals surface area (Å²) in [6, 6.07) is 19.3. The van der Waals surface area contributed by atoms with Gasteiger partial charge in [-0.25, -0.2) is 0 Å². The molecule has 0 aliphatic carbocycles. The fraction of sp³-hybridized carbons (Fsp3) is 0.250. The first-order valence-electron chi connectivity index (χ1n) is 9.92. The molecule has 2 aromatic carbocycles. The van der Waals surface area contributed by atoms with Crippen molar-refractivity contribution in [3.63, 3.8) is 0 Å². The molecule has 1 saturated heterocycles. The molecule has 2 atom stereocenters. The Morgan fingerprint density at radius 3 is 2.57 bits per heavy atom. The Morgan fingerprint density at radius 1 is 1.17 bits per heavy atom. The fourth-order valence-corrected chi connectivity index (χ4v) is 4.68. The highest BCUT2D eigenvalue weighted by atomic mass is 32.2. The summed E-state index contributed by atoms with van der Waals surface area (Å²) in [6.45, 7) is 4.46. The number of nitrogens with one attached hydrogen (secondary N) is 1. The van der Waals surface area contributed by atoms with Crippen LogP contribution in [0.5, 0.6) is 0 Å². The number of amides is 2. The molecule has 1 N–H and O–H groups in total. The quantitative estimate of drug-likeness (QED) is 0.619. The lowest BCUT2D eigenvalue weighted by Crippen LogP contribution is -2.28. The topological polar surface area (TPSA) is 62.6 Å². The van der Waals surface area contributed by atoms with Gasteiger partial charge in [0.1, 0.15) is 11.1 Å². The number of aryl methyl sites for hydroxylation is 1. The molecule has 0 spiro atoms. The predicted molar refractivity (Wildman–Crippen MR) is 118 cm³/mol. The van der Waals surface area contributed by atoms with E-state index in [4.69, 9.17) is 4.42 Å². The molecule has 6 heteroatoms. The smallest absolute Gasteiger partial charge is 0.251 e. The third-order valence-electron chi connectivity index (χ3n) is 5.26. The van der Waals surface area contributed by atoms with E-state index in [-0.39, 0.29) is 23.2 Å². The van der Waals surface area contributed by atoms with Crippen molar-refractivity contribution in [2.45, 2.75) is 31.8 Å². The molecule has 1 aliphatic rings. The van der Waals surface area contributed by atoms with E-state index < -0.39 is 0 Å². The van der Waals surface area contributed by atoms with Gasteiger partial charge < -0.3 is 14.6 Å². The van der Waals surface area contributed by atoms with Crippen molar-refractivity contribution in [1.82, 2.24) is 10.2 Å². The summed E-state index contributed by atoms with van der Waals surface area (Å²) in [5, 5.41) is 2.97. The second kappa shape index (κ2) is 8.79. The van der Waals surface area contributed by atoms with E-state index in [0.717, 1.165) is 16.9 Å². The molecule has 4 rings (SSSR count). The van der Waals surface area contributed by atoms with Crippen LogP contribution in [-0.2, 0) is 11.3 Å². The van der Waals surface area contributed by atoms with Crippen molar-refractivity contribution in [3.05, 3.63) is 94.9 Å². The first-order chi connectivity index (χ1) is 14.5. The highest BCUT2D eigenvalue weighted by Gasteiger charge is 2.33. The predicted octanol–water partition coefficient (Wildman–Crippen LogP) is 4.85. The van der Waals surface area contributed by atoms with Crippen LogP contribution in [0.3, 0.4) is 0 Å². The molecular formula is C24H24N2O3S. The van der Waals surface area contributed by atoms with Crippen LogP contribution in [-0.4, -0.2) is 22.5 Å². The molecule has 30 heavy (non-hydrogen) atoms. The Morgan fingerprint density at radius 2 is 1.90 bits per heavy atom. The summed E-state index contributed by atoms with van der Waals surface area (Å²) in [5.41, 5.74) is 3.86. The summed E-state index contributed by atoms with van der Waals surface area (Å²) in [4.78, 5) is 26.8. The lowest BCUT2D eigenvalue weighted by atomic mass is 10.1. The maximum absolute atomic E-state index is 12.7. The van der Waals surface area contributed by atoms with Crippen LogP contribution in [0.25, 0.3) is 0 Å². The van der Waals surface area contributed by atoms with Gasteiger partial charge in [-0.3, -0.25) is 9.59 Å². The lowest BCUT2D eigenvalue weighted by Gasteiger charge is -2.23. The first kappa shape index (κ1) is 20.3. The van der Waals surface area contributed by atoms with Crippen molar-refractivity contribution in [3.8, 4) is 0 Å². The van der Waals surface area contributed by atoms with Crippen LogP contribution in [0.1, 0.15) is 51.1 Å². The molecule has 3 aromatic rings. The van der Waals surface area contributed by atoms with Gasteiger partial charge in [-0.2, -0.15) is 0 Å². The van der Waals surface area contributed by atoms with Gasteiger partial charge in [0.15, 0.2) is 0 Å². The number of carbonyl (C=O) groups is 2. The Bertz CT molecular complexity index is 1010. The first-order valence-corrected chi connectivity index (χ1v) is 11.0. The maximum Gasteiger partial charge on any atom is 0.251 e. The van der Waals surface area contributed by atoms with Crippen LogP contribution in [0.2, 0.25) is 0 Å². The SMILES string of the molecule is Cc1ccc([C@@H](C)NC(=O)c2ccc([C@H]3SCC(=O)N3Cc3ccco3)cc2)cc1. The molecule has 0 unspecified atom stereocenters. The van der Waals surface area contributed by atoms with E-state index >= 15 is 0 Å². The summed E-state index contributed by atoms with van der Waals surface area (Å²) < 4.78 is 5.40. The standard InChI is InChI=1S/C24H24N2O3S/c1-16-5-7-18(8-6-16)17(2)25-23(28)19-9-11-20(12-10-19)24-26(22(27)15-30-24)14-21-4-3-13-29-21/h3-13,17,24H,14-15H2,1-2H3,(H,25,28)/t17-,24-/m1/s1. The number of thioether (sulfide) groups is 1. The fourth-order valence-electron chi connectivity index (χ4n) is 3.49. The van der Waals surface area contributed by atoms with Gasteiger partial charge in [0.2, 0.25) is 5.91 Å². The minimum Gasteiger partial charge on any atom is -0.467 e. The summed E-state index contributed by atoms with van der Waals surface area (Å²) in [7, 11) is 0. The number of carbonyl (C=O) groups excluding carboxylic acids is 2. The van der Waals surface area contributed by atoms with Gasteiger partial charge in [0.05, 0.1) is 24.6 Å². The van der Waals surface area contributed by atoms with Crippen LogP contribution in [0.4, 0.5) is 0 Å². The highest BCUT2D eigenvalue weighted by molar-refractivity contribution is 8.00. The number of nitrogens with zero attached hydrogens (tertiary/aromatic N) is 1. The van der Waals surface area contributed by atoms with E-state index in [0.29, 0.717) is 17.9 Å². The van der Waals surface area contributed by atoms with Crippen molar-refractivity contribution in [2.75, 3.05) is 5.75 Å². The normalized spacial score (nSPS) is 17.2. The number of hydrogen-bond acceptors (Lipinski definition) is 4. The number of benzene rings is 2. The monoisotopic (exact) mass is 420 g/mol. The largest absolute Gasteiger partial charge is 0.467 e. The molecule has 1 aromatic heterocycles. The van der Waals surface area contributed by atoms with E-state index in [1.54, 1.807) is 18.0 Å². The second-order valence-electron chi connectivity index (χ2n) is 7.49. The third-order valence-corrected chi connectivity index (χ3v) is 6.51. The Labute approximate surface area is 180 Å². The molecule has 5 nitrogen and oxygen atoms in total. The van der Waals surface area contributed by atoms with Crippen molar-refractivity contribution in [2.24, 2.45) is 0 Å². The zero-order valence-electron chi connectivity index (χ0n) is 17.0. The summed E-state index contributed by atoms with van der Waals surface area (Å²) in [5.74, 6) is 1.19. The molecule has 0 saturated carbocycles. The molecule has 2 amide bonds. The molecule has 2 heterocycles. The average molecular weight is 421 g/mol. The number of rotatable bonds is 6.